The zero-order valence-corrected chi connectivity index (χ0v) is 22.6. The molecule has 0 atom stereocenters. The van der Waals surface area contributed by atoms with E-state index in [0.29, 0.717) is 17.1 Å². The zero-order valence-electron chi connectivity index (χ0n) is 22.6. The first-order chi connectivity index (χ1) is 18.9. The predicted molar refractivity (Wildman–Crippen MR) is 154 cm³/mol. The highest BCUT2D eigenvalue weighted by molar-refractivity contribution is 6.04. The minimum Gasteiger partial charge on any atom is -0.379 e. The largest absolute Gasteiger partial charge is 0.379 e. The number of anilines is 4. The smallest absolute Gasteiger partial charge is 0.255 e. The Hall–Kier alpha value is -4.28. The van der Waals surface area contributed by atoms with Crippen LogP contribution in [0.4, 0.5) is 23.0 Å². The van der Waals surface area contributed by atoms with E-state index in [1.807, 2.05) is 75.6 Å². The Morgan fingerprint density at radius 3 is 2.72 bits per heavy atom. The molecule has 202 valence electrons. The monoisotopic (exact) mass is 526 g/mol. The molecule has 2 aromatic carbocycles. The molecule has 10 heteroatoms. The highest BCUT2D eigenvalue weighted by Gasteiger charge is 2.15. The van der Waals surface area contributed by atoms with Gasteiger partial charge in [-0.1, -0.05) is 23.8 Å². The number of aromatic nitrogens is 4. The minimum absolute atomic E-state index is 0.151. The van der Waals surface area contributed by atoms with Gasteiger partial charge in [-0.2, -0.15) is 5.10 Å². The summed E-state index contributed by atoms with van der Waals surface area (Å²) in [6.07, 6.45) is 3.50. The molecule has 39 heavy (non-hydrogen) atoms. The van der Waals surface area contributed by atoms with Gasteiger partial charge >= 0.3 is 0 Å². The average Bonchev–Trinajstić information content (AvgIpc) is 3.31. The van der Waals surface area contributed by atoms with Crippen molar-refractivity contribution in [3.05, 3.63) is 77.7 Å². The first-order valence-corrected chi connectivity index (χ1v) is 13.1. The van der Waals surface area contributed by atoms with Gasteiger partial charge in [0.05, 0.1) is 24.5 Å². The molecule has 0 aliphatic carbocycles. The van der Waals surface area contributed by atoms with Gasteiger partial charge in [0.2, 0.25) is 0 Å². The molecule has 5 rings (SSSR count). The van der Waals surface area contributed by atoms with Gasteiger partial charge in [-0.05, 0) is 43.7 Å². The third-order valence-electron chi connectivity index (χ3n) is 6.64. The fourth-order valence-corrected chi connectivity index (χ4v) is 4.49. The molecule has 0 spiro atoms. The van der Waals surface area contributed by atoms with E-state index in [0.717, 1.165) is 73.3 Å². The van der Waals surface area contributed by atoms with Gasteiger partial charge in [0.1, 0.15) is 12.1 Å². The van der Waals surface area contributed by atoms with Crippen LogP contribution in [0.5, 0.6) is 0 Å². The van der Waals surface area contributed by atoms with Crippen molar-refractivity contribution in [2.24, 2.45) is 7.05 Å². The quantitative estimate of drug-likeness (QED) is 0.297. The van der Waals surface area contributed by atoms with E-state index in [1.165, 1.54) is 0 Å². The van der Waals surface area contributed by atoms with E-state index >= 15 is 0 Å². The molecule has 4 aromatic rings. The lowest BCUT2D eigenvalue weighted by Crippen LogP contribution is -2.39. The van der Waals surface area contributed by atoms with Gasteiger partial charge in [0.15, 0.2) is 5.82 Å². The molecule has 1 saturated heterocycles. The minimum atomic E-state index is -0.151. The number of ether oxygens (including phenoxy) is 1. The van der Waals surface area contributed by atoms with Crippen molar-refractivity contribution >= 4 is 28.9 Å². The highest BCUT2D eigenvalue weighted by atomic mass is 16.5. The normalized spacial score (nSPS) is 13.7. The van der Waals surface area contributed by atoms with E-state index in [-0.39, 0.29) is 5.91 Å². The molecule has 3 N–H and O–H groups in total. The van der Waals surface area contributed by atoms with Gasteiger partial charge < -0.3 is 20.7 Å². The Bertz CT molecular complexity index is 1440. The van der Waals surface area contributed by atoms with Crippen molar-refractivity contribution in [3.63, 3.8) is 0 Å². The summed E-state index contributed by atoms with van der Waals surface area (Å²) in [4.78, 5) is 24.1. The molecule has 1 aliphatic rings. The summed E-state index contributed by atoms with van der Waals surface area (Å²) in [5.41, 5.74) is 5.83. The van der Waals surface area contributed by atoms with Crippen LogP contribution in [0.3, 0.4) is 0 Å². The first-order valence-electron chi connectivity index (χ1n) is 13.1. The number of rotatable bonds is 9. The number of hydrogen-bond acceptors (Lipinski definition) is 8. The van der Waals surface area contributed by atoms with Crippen LogP contribution >= 0.6 is 0 Å². The maximum absolute atomic E-state index is 12.8. The van der Waals surface area contributed by atoms with Crippen LogP contribution in [0, 0.1) is 13.8 Å². The second-order valence-electron chi connectivity index (χ2n) is 9.71. The Kier molecular flexibility index (Phi) is 8.14. The molecule has 10 nitrogen and oxygen atoms in total. The first kappa shape index (κ1) is 26.3. The van der Waals surface area contributed by atoms with Gasteiger partial charge in [0, 0.05) is 62.4 Å². The molecule has 1 aliphatic heterocycles. The van der Waals surface area contributed by atoms with E-state index in [1.54, 1.807) is 11.0 Å². The van der Waals surface area contributed by atoms with Crippen LogP contribution in [0.2, 0.25) is 0 Å². The zero-order chi connectivity index (χ0) is 27.2. The topological polar surface area (TPSA) is 109 Å². The summed E-state index contributed by atoms with van der Waals surface area (Å²) in [6.45, 7) is 9.18. The maximum Gasteiger partial charge on any atom is 0.255 e. The predicted octanol–water partition coefficient (Wildman–Crippen LogP) is 4.23. The van der Waals surface area contributed by atoms with Crippen molar-refractivity contribution in [3.8, 4) is 11.3 Å². The van der Waals surface area contributed by atoms with Crippen molar-refractivity contribution in [1.29, 1.82) is 0 Å². The summed E-state index contributed by atoms with van der Waals surface area (Å²) in [7, 11) is 1.88. The fourth-order valence-electron chi connectivity index (χ4n) is 4.49. The van der Waals surface area contributed by atoms with Gasteiger partial charge in [0.25, 0.3) is 5.91 Å². The lowest BCUT2D eigenvalue weighted by molar-refractivity contribution is 0.0398. The van der Waals surface area contributed by atoms with E-state index in [9.17, 15) is 4.79 Å². The average molecular weight is 527 g/mol. The van der Waals surface area contributed by atoms with E-state index in [2.05, 4.69) is 35.9 Å². The number of carbonyl (C=O) groups is 1. The lowest BCUT2D eigenvalue weighted by atomic mass is 10.1. The van der Waals surface area contributed by atoms with Crippen LogP contribution in [0.15, 0.2) is 61.1 Å². The molecule has 1 fully saturated rings. The van der Waals surface area contributed by atoms with Crippen LogP contribution in [0.25, 0.3) is 11.3 Å². The Labute approximate surface area is 228 Å². The maximum atomic E-state index is 12.8. The SMILES string of the molecule is Cc1cccc(C(=O)Nc2ccc(C)c(Nc3nn(C)cc3-c3cc(NCCN4CCOCC4)ncn3)c2)c1. The van der Waals surface area contributed by atoms with E-state index < -0.39 is 0 Å². The Morgan fingerprint density at radius 2 is 1.90 bits per heavy atom. The van der Waals surface area contributed by atoms with Crippen LogP contribution in [0.1, 0.15) is 21.5 Å². The summed E-state index contributed by atoms with van der Waals surface area (Å²) < 4.78 is 7.18. The summed E-state index contributed by atoms with van der Waals surface area (Å²) in [5.74, 6) is 1.28. The molecule has 0 bridgehead atoms. The summed E-state index contributed by atoms with van der Waals surface area (Å²) >= 11 is 0. The van der Waals surface area contributed by atoms with Crippen LogP contribution in [-0.2, 0) is 11.8 Å². The number of hydrogen-bond donors (Lipinski definition) is 3. The molecule has 1 amide bonds. The van der Waals surface area contributed by atoms with Crippen molar-refractivity contribution in [2.75, 3.05) is 55.3 Å². The van der Waals surface area contributed by atoms with Crippen molar-refractivity contribution in [2.45, 2.75) is 13.8 Å². The number of amides is 1. The van der Waals surface area contributed by atoms with Gasteiger partial charge in [-0.25, -0.2) is 9.97 Å². The third-order valence-corrected chi connectivity index (χ3v) is 6.64. The van der Waals surface area contributed by atoms with E-state index in [4.69, 9.17) is 4.74 Å². The van der Waals surface area contributed by atoms with Gasteiger partial charge in [-0.3, -0.25) is 14.4 Å². The Balaban J connectivity index is 1.30. The standard InChI is InChI=1S/C29H34N8O2/c1-20-5-4-6-22(15-20)29(38)33-23-8-7-21(2)25(16-23)34-28-24(18-36(3)35-28)26-17-27(32-19-31-26)30-9-10-37-11-13-39-14-12-37/h4-8,15-19H,9-14H2,1-3H3,(H,33,38)(H,34,35)(H,30,31,32). The molecule has 0 saturated carbocycles. The number of nitrogens with zero attached hydrogens (tertiary/aromatic N) is 5. The fraction of sp³-hybridized carbons (Fsp3) is 0.310. The van der Waals surface area contributed by atoms with Crippen molar-refractivity contribution in [1.82, 2.24) is 24.6 Å². The number of aryl methyl sites for hydroxylation is 3. The molecule has 2 aromatic heterocycles. The molecule has 0 radical (unpaired) electrons. The number of carbonyl (C=O) groups excluding carboxylic acids is 1. The summed E-state index contributed by atoms with van der Waals surface area (Å²) in [5, 5.41) is 14.5. The van der Waals surface area contributed by atoms with Crippen molar-refractivity contribution < 1.29 is 9.53 Å². The van der Waals surface area contributed by atoms with Crippen LogP contribution in [-0.4, -0.2) is 69.9 Å². The molecular weight excluding hydrogens is 492 g/mol. The summed E-state index contributed by atoms with van der Waals surface area (Å²) in [6, 6.07) is 15.3. The second kappa shape index (κ2) is 12.1. The van der Waals surface area contributed by atoms with Crippen LogP contribution < -0.4 is 16.0 Å². The van der Waals surface area contributed by atoms with Gasteiger partial charge in [-0.15, -0.1) is 0 Å². The number of nitrogens with one attached hydrogen (secondary N) is 3. The third kappa shape index (κ3) is 6.78. The number of benzene rings is 2. The Morgan fingerprint density at radius 1 is 1.05 bits per heavy atom. The highest BCUT2D eigenvalue weighted by Crippen LogP contribution is 2.31. The second-order valence-corrected chi connectivity index (χ2v) is 9.71. The molecule has 0 unspecified atom stereocenters. The molecule has 3 heterocycles. The number of morpholine rings is 1. The lowest BCUT2D eigenvalue weighted by Gasteiger charge is -2.26. The molecular formula is C29H34N8O2.